The fourth-order valence-electron chi connectivity index (χ4n) is 5.47. The van der Waals surface area contributed by atoms with E-state index in [1.165, 1.54) is 12.8 Å². The molecule has 0 radical (unpaired) electrons. The molecule has 2 saturated heterocycles. The summed E-state index contributed by atoms with van der Waals surface area (Å²) in [5.74, 6) is 1.39. The number of piperidine rings is 2. The first kappa shape index (κ1) is 36.3. The Labute approximate surface area is 264 Å². The molecule has 0 unspecified atom stereocenters. The molecule has 0 spiro atoms. The molecule has 45 heavy (non-hydrogen) atoms. The molecule has 2 aromatic rings. The number of aliphatic carboxylic acids is 1. The molecular weight excluding hydrogens is 584 g/mol. The zero-order chi connectivity index (χ0) is 32.6. The first-order valence-electron chi connectivity index (χ1n) is 16.1. The van der Waals surface area contributed by atoms with Crippen LogP contribution in [0.25, 0.3) is 11.0 Å². The van der Waals surface area contributed by atoms with Crippen molar-refractivity contribution >= 4 is 40.5 Å². The van der Waals surface area contributed by atoms with E-state index >= 15 is 0 Å². The maximum atomic E-state index is 10.0. The summed E-state index contributed by atoms with van der Waals surface area (Å²) < 4.78 is 0. The van der Waals surface area contributed by atoms with Gasteiger partial charge < -0.3 is 56.6 Å². The van der Waals surface area contributed by atoms with Gasteiger partial charge in [0, 0.05) is 52.4 Å². The Bertz CT molecular complexity index is 1080. The molecule has 2 fully saturated rings. The van der Waals surface area contributed by atoms with Gasteiger partial charge in [-0.05, 0) is 57.9 Å². The van der Waals surface area contributed by atoms with Crippen LogP contribution in [-0.2, 0) is 4.79 Å². The van der Waals surface area contributed by atoms with E-state index in [-0.39, 0.29) is 26.4 Å². The van der Waals surface area contributed by atoms with Gasteiger partial charge in [-0.3, -0.25) is 4.79 Å². The van der Waals surface area contributed by atoms with Gasteiger partial charge in [-0.25, -0.2) is 9.97 Å². The first-order valence-corrected chi connectivity index (χ1v) is 16.1. The van der Waals surface area contributed by atoms with Crippen molar-refractivity contribution in [2.24, 2.45) is 11.5 Å². The predicted octanol–water partition coefficient (Wildman–Crippen LogP) is -0.880. The van der Waals surface area contributed by atoms with E-state index in [9.17, 15) is 25.2 Å². The summed E-state index contributed by atoms with van der Waals surface area (Å²) in [4.78, 5) is 37.8. The van der Waals surface area contributed by atoms with Crippen LogP contribution in [0.4, 0.5) is 23.5 Å². The topological polar surface area (TPSA) is 235 Å². The van der Waals surface area contributed by atoms with Crippen molar-refractivity contribution in [1.29, 1.82) is 0 Å². The van der Waals surface area contributed by atoms with E-state index in [0.717, 1.165) is 63.5 Å². The molecule has 4 rings (SSSR count). The average Bonchev–Trinajstić information content (AvgIpc) is 3.07. The lowest BCUT2D eigenvalue weighted by atomic mass is 10.1. The molecule has 254 valence electrons. The minimum Gasteiger partial charge on any atom is -0.480 e. The molecular formula is C29H52N10O6. The summed E-state index contributed by atoms with van der Waals surface area (Å²) in [7, 11) is 0. The van der Waals surface area contributed by atoms with Gasteiger partial charge in [0.2, 0.25) is 11.9 Å². The molecule has 9 N–H and O–H groups in total. The summed E-state index contributed by atoms with van der Waals surface area (Å²) in [6.45, 7) is 4.88. The number of carboxylic acid groups (broad SMARTS) is 1. The van der Waals surface area contributed by atoms with Crippen LogP contribution in [-0.4, -0.2) is 143 Å². The smallest absolute Gasteiger partial charge is 0.320 e. The van der Waals surface area contributed by atoms with Crippen molar-refractivity contribution in [1.82, 2.24) is 19.9 Å². The Morgan fingerprint density at radius 3 is 1.38 bits per heavy atom. The number of carbonyl (C=O) groups is 1. The van der Waals surface area contributed by atoms with Crippen LogP contribution < -0.4 is 31.1 Å². The van der Waals surface area contributed by atoms with E-state index in [2.05, 4.69) is 9.80 Å². The van der Waals surface area contributed by atoms with Gasteiger partial charge in [-0.15, -0.1) is 0 Å². The Morgan fingerprint density at radius 1 is 0.689 bits per heavy atom. The highest BCUT2D eigenvalue weighted by Crippen LogP contribution is 2.34. The quantitative estimate of drug-likeness (QED) is 0.118. The number of rotatable bonds is 16. The van der Waals surface area contributed by atoms with Gasteiger partial charge in [0.05, 0.1) is 26.4 Å². The summed E-state index contributed by atoms with van der Waals surface area (Å²) in [6.07, 6.45) is 7.75. The minimum atomic E-state index is -0.955. The normalized spacial score (nSPS) is 15.9. The molecule has 0 saturated carbocycles. The fourth-order valence-corrected chi connectivity index (χ4v) is 5.47. The van der Waals surface area contributed by atoms with Crippen molar-refractivity contribution in [2.45, 2.75) is 57.4 Å². The molecule has 2 aromatic heterocycles. The zero-order valence-electron chi connectivity index (χ0n) is 26.3. The largest absolute Gasteiger partial charge is 0.480 e. The summed E-state index contributed by atoms with van der Waals surface area (Å²) in [5.41, 5.74) is 11.6. The second-order valence-corrected chi connectivity index (χ2v) is 11.2. The number of nitrogens with two attached hydrogens (primary N) is 2. The number of carboxylic acids is 1. The number of aliphatic hydroxyl groups excluding tert-OH is 4. The van der Waals surface area contributed by atoms with Crippen LogP contribution in [0.1, 0.15) is 51.4 Å². The van der Waals surface area contributed by atoms with Gasteiger partial charge in [-0.1, -0.05) is 0 Å². The van der Waals surface area contributed by atoms with E-state index in [1.807, 2.05) is 0 Å². The van der Waals surface area contributed by atoms with Gasteiger partial charge in [0.25, 0.3) is 0 Å². The number of aliphatic hydroxyl groups is 4. The van der Waals surface area contributed by atoms with Crippen LogP contribution >= 0.6 is 0 Å². The number of fused-ring (bicyclic) bond motifs is 1. The van der Waals surface area contributed by atoms with Gasteiger partial charge >= 0.3 is 5.97 Å². The molecule has 4 heterocycles. The average molecular weight is 637 g/mol. The Kier molecular flexibility index (Phi) is 15.6. The number of hydrogen-bond acceptors (Lipinski definition) is 15. The van der Waals surface area contributed by atoms with Gasteiger partial charge in [0.15, 0.2) is 11.6 Å². The Hall–Kier alpha value is -3.15. The SMILES string of the molecule is NCCC[C@H](N)C(=O)O.OCCN(CCO)c1nc(N2CCCCC2)c2nc(N(CCO)CCO)nc(N3CCCCC3)c2n1. The number of anilines is 4. The zero-order valence-corrected chi connectivity index (χ0v) is 26.3. The number of hydrogen-bond donors (Lipinski definition) is 7. The highest BCUT2D eigenvalue weighted by atomic mass is 16.4. The monoisotopic (exact) mass is 636 g/mol. The summed E-state index contributed by atoms with van der Waals surface area (Å²) in [5, 5.41) is 46.8. The second kappa shape index (κ2) is 19.4. The first-order chi connectivity index (χ1) is 21.9. The molecule has 0 aromatic carbocycles. The van der Waals surface area contributed by atoms with Crippen molar-refractivity contribution in [2.75, 3.05) is 105 Å². The number of aromatic nitrogens is 4. The van der Waals surface area contributed by atoms with Gasteiger partial charge in [0.1, 0.15) is 17.1 Å². The summed E-state index contributed by atoms with van der Waals surface area (Å²) >= 11 is 0. The highest BCUT2D eigenvalue weighted by molar-refractivity contribution is 5.95. The van der Waals surface area contributed by atoms with E-state index in [1.54, 1.807) is 9.80 Å². The van der Waals surface area contributed by atoms with Crippen LogP contribution in [0.5, 0.6) is 0 Å². The lowest BCUT2D eigenvalue weighted by molar-refractivity contribution is -0.138. The molecule has 0 bridgehead atoms. The molecule has 2 aliphatic rings. The van der Waals surface area contributed by atoms with E-state index in [4.69, 9.17) is 36.5 Å². The molecule has 2 aliphatic heterocycles. The Morgan fingerprint density at radius 2 is 1.07 bits per heavy atom. The highest BCUT2D eigenvalue weighted by Gasteiger charge is 2.27. The molecule has 16 nitrogen and oxygen atoms in total. The standard InChI is InChI=1S/C24H40N8O4.C5H12N2O2/c33-15-11-31(12-16-34)23-26-20-19(21(27-23)29-7-3-1-4-8-29)25-24(32(13-17-35)14-18-36)28-22(20)30-9-5-2-6-10-30;6-3-1-2-4(7)5(8)9/h33-36H,1-18H2;4H,1-3,6-7H2,(H,8,9)/t;4-/m.0/s1. The molecule has 0 aliphatic carbocycles. The van der Waals surface area contributed by atoms with Crippen LogP contribution in [0.3, 0.4) is 0 Å². The third kappa shape index (κ3) is 10.4. The lowest BCUT2D eigenvalue weighted by Crippen LogP contribution is -2.36. The van der Waals surface area contributed by atoms with Crippen molar-refractivity contribution in [3.05, 3.63) is 0 Å². The summed E-state index contributed by atoms with van der Waals surface area (Å²) in [6, 6.07) is -0.742. The third-order valence-corrected chi connectivity index (χ3v) is 7.88. The second-order valence-electron chi connectivity index (χ2n) is 11.2. The molecule has 0 amide bonds. The van der Waals surface area contributed by atoms with Crippen LogP contribution in [0.15, 0.2) is 0 Å². The molecule has 16 heteroatoms. The predicted molar refractivity (Wildman–Crippen MR) is 174 cm³/mol. The Balaban J connectivity index is 0.000000535. The van der Waals surface area contributed by atoms with Crippen molar-refractivity contribution in [3.8, 4) is 0 Å². The van der Waals surface area contributed by atoms with Crippen LogP contribution in [0.2, 0.25) is 0 Å². The van der Waals surface area contributed by atoms with Crippen molar-refractivity contribution in [3.63, 3.8) is 0 Å². The van der Waals surface area contributed by atoms with Gasteiger partial charge in [-0.2, -0.15) is 9.97 Å². The number of nitrogens with zero attached hydrogens (tertiary/aromatic N) is 8. The van der Waals surface area contributed by atoms with E-state index < -0.39 is 12.0 Å². The van der Waals surface area contributed by atoms with Crippen LogP contribution in [0, 0.1) is 0 Å². The maximum absolute atomic E-state index is 10.0. The fraction of sp³-hybridized carbons (Fsp3) is 0.759. The van der Waals surface area contributed by atoms with E-state index in [0.29, 0.717) is 68.5 Å². The third-order valence-electron chi connectivity index (χ3n) is 7.88. The lowest BCUT2D eigenvalue weighted by Gasteiger charge is -2.33. The maximum Gasteiger partial charge on any atom is 0.320 e. The minimum absolute atomic E-state index is 0.0772. The molecule has 1 atom stereocenters. The van der Waals surface area contributed by atoms with Crippen molar-refractivity contribution < 1.29 is 30.3 Å².